The van der Waals surface area contributed by atoms with Gasteiger partial charge in [0.05, 0.1) is 6.54 Å². The highest BCUT2D eigenvalue weighted by molar-refractivity contribution is 7.07. The van der Waals surface area contributed by atoms with Crippen LogP contribution in [0.4, 0.5) is 5.82 Å². The fourth-order valence-corrected chi connectivity index (χ4v) is 1.87. The Morgan fingerprint density at radius 2 is 2.33 bits per heavy atom. The zero-order valence-corrected chi connectivity index (χ0v) is 8.99. The fourth-order valence-electron chi connectivity index (χ4n) is 1.29. The molecule has 0 unspecified atom stereocenters. The second-order valence-corrected chi connectivity index (χ2v) is 4.00. The van der Waals surface area contributed by atoms with Crippen LogP contribution in [0.15, 0.2) is 22.4 Å². The number of rotatable bonds is 2. The quantitative estimate of drug-likeness (QED) is 0.809. The smallest absolute Gasteiger partial charge is 0.307 e. The summed E-state index contributed by atoms with van der Waals surface area (Å²) >= 11 is 1.15. The maximum absolute atomic E-state index is 11.3. The van der Waals surface area contributed by atoms with Gasteiger partial charge in [-0.15, -0.1) is 0 Å². The Bertz CT molecular complexity index is 511. The van der Waals surface area contributed by atoms with Crippen LogP contribution in [-0.4, -0.2) is 14.5 Å². The monoisotopic (exact) mass is 222 g/mol. The molecule has 0 bridgehead atoms. The SMILES string of the molecule is Cc1cc(N)nc(Cn2ccsc2=O)n1. The molecule has 0 radical (unpaired) electrons. The molecule has 0 saturated carbocycles. The summed E-state index contributed by atoms with van der Waals surface area (Å²) in [5, 5.41) is 1.74. The van der Waals surface area contributed by atoms with E-state index in [1.807, 2.05) is 6.92 Å². The number of thiazole rings is 1. The minimum absolute atomic E-state index is 0.0151. The van der Waals surface area contributed by atoms with E-state index in [1.54, 1.807) is 22.2 Å². The first-order chi connectivity index (χ1) is 7.15. The maximum atomic E-state index is 11.3. The number of anilines is 1. The van der Waals surface area contributed by atoms with Gasteiger partial charge in [-0.2, -0.15) is 0 Å². The summed E-state index contributed by atoms with van der Waals surface area (Å²) in [6, 6.07) is 1.69. The molecule has 0 aliphatic carbocycles. The third-order valence-electron chi connectivity index (χ3n) is 1.88. The molecule has 0 saturated heterocycles. The summed E-state index contributed by atoms with van der Waals surface area (Å²) in [5.74, 6) is 0.994. The number of nitrogen functional groups attached to an aromatic ring is 1. The van der Waals surface area contributed by atoms with Crippen LogP contribution in [0.1, 0.15) is 11.5 Å². The van der Waals surface area contributed by atoms with Gasteiger partial charge in [0.2, 0.25) is 0 Å². The van der Waals surface area contributed by atoms with E-state index in [-0.39, 0.29) is 4.87 Å². The Hall–Kier alpha value is -1.69. The Morgan fingerprint density at radius 1 is 1.53 bits per heavy atom. The zero-order chi connectivity index (χ0) is 10.8. The normalized spacial score (nSPS) is 10.5. The van der Waals surface area contributed by atoms with Crippen LogP contribution in [0.3, 0.4) is 0 Å². The zero-order valence-electron chi connectivity index (χ0n) is 8.17. The van der Waals surface area contributed by atoms with E-state index in [0.717, 1.165) is 17.0 Å². The molecule has 0 atom stereocenters. The van der Waals surface area contributed by atoms with Crippen LogP contribution in [0.5, 0.6) is 0 Å². The summed E-state index contributed by atoms with van der Waals surface area (Å²) in [7, 11) is 0. The molecule has 0 fully saturated rings. The molecule has 2 aromatic heterocycles. The van der Waals surface area contributed by atoms with Gasteiger partial charge in [0.15, 0.2) is 5.82 Å². The number of nitrogens with zero attached hydrogens (tertiary/aromatic N) is 3. The summed E-state index contributed by atoms with van der Waals surface area (Å²) in [6.45, 7) is 2.21. The third-order valence-corrected chi connectivity index (χ3v) is 2.57. The topological polar surface area (TPSA) is 73.8 Å². The standard InChI is InChI=1S/C9H10N4OS/c1-6-4-7(10)12-8(11-6)5-13-2-3-15-9(13)14/h2-4H,5H2,1H3,(H2,10,11,12). The molecule has 0 spiro atoms. The molecular formula is C9H10N4OS. The number of hydrogen-bond donors (Lipinski definition) is 1. The van der Waals surface area contributed by atoms with E-state index in [4.69, 9.17) is 5.73 Å². The average molecular weight is 222 g/mol. The Morgan fingerprint density at radius 3 is 2.93 bits per heavy atom. The van der Waals surface area contributed by atoms with Crippen LogP contribution in [-0.2, 0) is 6.54 Å². The fraction of sp³-hybridized carbons (Fsp3) is 0.222. The van der Waals surface area contributed by atoms with E-state index in [9.17, 15) is 4.79 Å². The molecule has 78 valence electrons. The number of aromatic nitrogens is 3. The molecular weight excluding hydrogens is 212 g/mol. The second kappa shape index (κ2) is 3.82. The molecule has 0 aliphatic heterocycles. The summed E-state index contributed by atoms with van der Waals surface area (Å²) in [4.78, 5) is 19.5. The molecule has 0 amide bonds. The van der Waals surface area contributed by atoms with Crippen LogP contribution < -0.4 is 10.6 Å². The van der Waals surface area contributed by atoms with Crippen LogP contribution in [0, 0.1) is 6.92 Å². The highest BCUT2D eigenvalue weighted by Crippen LogP contribution is 2.03. The molecule has 2 aromatic rings. The van der Waals surface area contributed by atoms with Crippen LogP contribution in [0.25, 0.3) is 0 Å². The number of aryl methyl sites for hydroxylation is 1. The first kappa shape index (κ1) is 9.85. The van der Waals surface area contributed by atoms with Crippen molar-refractivity contribution in [2.24, 2.45) is 0 Å². The maximum Gasteiger partial charge on any atom is 0.307 e. The van der Waals surface area contributed by atoms with Gasteiger partial charge in [0.25, 0.3) is 0 Å². The van der Waals surface area contributed by atoms with Crippen molar-refractivity contribution >= 4 is 17.2 Å². The Balaban J connectivity index is 2.32. The van der Waals surface area contributed by atoms with Gasteiger partial charge in [-0.1, -0.05) is 11.3 Å². The number of nitrogens with two attached hydrogens (primary N) is 1. The predicted molar refractivity (Wildman–Crippen MR) is 58.9 cm³/mol. The van der Waals surface area contributed by atoms with Crippen molar-refractivity contribution < 1.29 is 0 Å². The van der Waals surface area contributed by atoms with Crippen molar-refractivity contribution in [3.63, 3.8) is 0 Å². The molecule has 6 heteroatoms. The lowest BCUT2D eigenvalue weighted by molar-refractivity contribution is 0.730. The molecule has 0 aliphatic rings. The van der Waals surface area contributed by atoms with Gasteiger partial charge in [0, 0.05) is 23.3 Å². The number of hydrogen-bond acceptors (Lipinski definition) is 5. The van der Waals surface area contributed by atoms with E-state index in [1.165, 1.54) is 0 Å². The first-order valence-electron chi connectivity index (χ1n) is 4.39. The molecule has 0 aromatic carbocycles. The van der Waals surface area contributed by atoms with Crippen molar-refractivity contribution in [2.75, 3.05) is 5.73 Å². The molecule has 2 N–H and O–H groups in total. The van der Waals surface area contributed by atoms with Crippen molar-refractivity contribution in [3.8, 4) is 0 Å². The lowest BCUT2D eigenvalue weighted by atomic mass is 10.4. The van der Waals surface area contributed by atoms with E-state index < -0.39 is 0 Å². The van der Waals surface area contributed by atoms with Crippen molar-refractivity contribution in [3.05, 3.63) is 38.8 Å². The molecule has 2 heterocycles. The van der Waals surface area contributed by atoms with Crippen molar-refractivity contribution in [1.82, 2.24) is 14.5 Å². The predicted octanol–water partition coefficient (Wildman–Crippen LogP) is 0.639. The largest absolute Gasteiger partial charge is 0.384 e. The highest BCUT2D eigenvalue weighted by atomic mass is 32.1. The summed E-state index contributed by atoms with van der Waals surface area (Å²) < 4.78 is 1.55. The Kier molecular flexibility index (Phi) is 2.51. The van der Waals surface area contributed by atoms with Crippen molar-refractivity contribution in [2.45, 2.75) is 13.5 Å². The van der Waals surface area contributed by atoms with Gasteiger partial charge in [0.1, 0.15) is 5.82 Å². The van der Waals surface area contributed by atoms with Gasteiger partial charge in [-0.3, -0.25) is 9.36 Å². The lowest BCUT2D eigenvalue weighted by Crippen LogP contribution is -2.15. The van der Waals surface area contributed by atoms with Crippen LogP contribution in [0.2, 0.25) is 0 Å². The average Bonchev–Trinajstić information content (AvgIpc) is 2.50. The molecule has 2 rings (SSSR count). The van der Waals surface area contributed by atoms with E-state index in [2.05, 4.69) is 9.97 Å². The van der Waals surface area contributed by atoms with E-state index in [0.29, 0.717) is 18.2 Å². The molecule has 15 heavy (non-hydrogen) atoms. The van der Waals surface area contributed by atoms with Gasteiger partial charge in [-0.05, 0) is 6.92 Å². The van der Waals surface area contributed by atoms with E-state index >= 15 is 0 Å². The minimum atomic E-state index is -0.0151. The van der Waals surface area contributed by atoms with Crippen molar-refractivity contribution in [1.29, 1.82) is 0 Å². The van der Waals surface area contributed by atoms with Gasteiger partial charge < -0.3 is 5.73 Å². The molecule has 5 nitrogen and oxygen atoms in total. The first-order valence-corrected chi connectivity index (χ1v) is 5.27. The van der Waals surface area contributed by atoms with Gasteiger partial charge in [-0.25, -0.2) is 9.97 Å². The Labute approximate surface area is 90.2 Å². The lowest BCUT2D eigenvalue weighted by Gasteiger charge is -2.02. The second-order valence-electron chi connectivity index (χ2n) is 3.15. The minimum Gasteiger partial charge on any atom is -0.384 e. The van der Waals surface area contributed by atoms with Crippen LogP contribution >= 0.6 is 11.3 Å². The summed E-state index contributed by atoms with van der Waals surface area (Å²) in [5.41, 5.74) is 6.40. The van der Waals surface area contributed by atoms with Gasteiger partial charge >= 0.3 is 4.87 Å². The third kappa shape index (κ3) is 2.21. The summed E-state index contributed by atoms with van der Waals surface area (Å²) in [6.07, 6.45) is 1.72. The highest BCUT2D eigenvalue weighted by Gasteiger charge is 2.03.